The number of imidazole rings is 1. The van der Waals surface area contributed by atoms with Crippen molar-refractivity contribution in [3.63, 3.8) is 0 Å². The van der Waals surface area contributed by atoms with E-state index in [0.717, 1.165) is 5.56 Å². The molecule has 0 saturated heterocycles. The molecule has 2 aromatic heterocycles. The van der Waals surface area contributed by atoms with Crippen molar-refractivity contribution >= 4 is 28.6 Å². The number of hydrogen-bond acceptors (Lipinski definition) is 5. The number of esters is 1. The van der Waals surface area contributed by atoms with E-state index in [1.807, 2.05) is 30.3 Å². The van der Waals surface area contributed by atoms with Gasteiger partial charge in [-0.2, -0.15) is 5.10 Å². The summed E-state index contributed by atoms with van der Waals surface area (Å²) >= 11 is 0. The average Bonchev–Trinajstić information content (AvgIpc) is 3.34. The minimum absolute atomic E-state index is 0.148. The molecule has 1 atom stereocenters. The summed E-state index contributed by atoms with van der Waals surface area (Å²) < 4.78 is 5.23. The summed E-state index contributed by atoms with van der Waals surface area (Å²) in [6.07, 6.45) is -1.04. The molecule has 29 heavy (non-hydrogen) atoms. The van der Waals surface area contributed by atoms with Gasteiger partial charge in [0.1, 0.15) is 5.69 Å². The van der Waals surface area contributed by atoms with Crippen LogP contribution in [-0.4, -0.2) is 38.1 Å². The van der Waals surface area contributed by atoms with E-state index in [9.17, 15) is 14.4 Å². The Morgan fingerprint density at radius 1 is 1.03 bits per heavy atom. The summed E-state index contributed by atoms with van der Waals surface area (Å²) in [5.41, 5.74) is 2.92. The highest BCUT2D eigenvalue weighted by atomic mass is 16.5. The number of rotatable bonds is 5. The van der Waals surface area contributed by atoms with Crippen LogP contribution in [0, 0.1) is 0 Å². The Morgan fingerprint density at radius 2 is 1.79 bits per heavy atom. The summed E-state index contributed by atoms with van der Waals surface area (Å²) in [5.74, 6) is -1.19. The molecular weight excluding hydrogens is 374 g/mol. The van der Waals surface area contributed by atoms with Gasteiger partial charge in [-0.3, -0.25) is 9.89 Å². The van der Waals surface area contributed by atoms with Crippen molar-refractivity contribution < 1.29 is 14.3 Å². The van der Waals surface area contributed by atoms with E-state index in [1.54, 1.807) is 24.3 Å². The van der Waals surface area contributed by atoms with E-state index < -0.39 is 18.0 Å². The maximum absolute atomic E-state index is 12.4. The van der Waals surface area contributed by atoms with Crippen molar-refractivity contribution in [3.05, 3.63) is 70.8 Å². The molecule has 0 aliphatic rings. The molecule has 9 nitrogen and oxygen atoms in total. The molecule has 4 rings (SSSR count). The molecule has 0 radical (unpaired) electrons. The Morgan fingerprint density at radius 3 is 2.59 bits per heavy atom. The normalized spacial score (nSPS) is 11.9. The molecule has 0 spiro atoms. The van der Waals surface area contributed by atoms with Gasteiger partial charge in [-0.15, -0.1) is 0 Å². The number of aromatic amines is 3. The van der Waals surface area contributed by atoms with Crippen molar-refractivity contribution in [2.75, 3.05) is 5.32 Å². The van der Waals surface area contributed by atoms with Crippen LogP contribution in [0.15, 0.2) is 59.4 Å². The summed E-state index contributed by atoms with van der Waals surface area (Å²) in [4.78, 5) is 41.2. The average molecular weight is 391 g/mol. The number of fused-ring (bicyclic) bond motifs is 1. The van der Waals surface area contributed by atoms with Crippen molar-refractivity contribution in [2.45, 2.75) is 13.0 Å². The van der Waals surface area contributed by atoms with Crippen LogP contribution in [0.5, 0.6) is 0 Å². The second-order valence-electron chi connectivity index (χ2n) is 6.41. The Bertz CT molecular complexity index is 1240. The summed E-state index contributed by atoms with van der Waals surface area (Å²) in [6.45, 7) is 1.47. The van der Waals surface area contributed by atoms with Gasteiger partial charge in [0.15, 0.2) is 6.10 Å². The molecule has 0 bridgehead atoms. The smallest absolute Gasteiger partial charge is 0.357 e. The lowest BCUT2D eigenvalue weighted by molar-refractivity contribution is -0.123. The monoisotopic (exact) mass is 391 g/mol. The molecule has 0 aliphatic heterocycles. The highest BCUT2D eigenvalue weighted by Crippen LogP contribution is 2.18. The number of nitrogens with one attached hydrogen (secondary N) is 4. The number of carbonyl (C=O) groups is 2. The molecule has 0 aliphatic carbocycles. The molecule has 4 aromatic rings. The van der Waals surface area contributed by atoms with Crippen molar-refractivity contribution in [2.24, 2.45) is 0 Å². The highest BCUT2D eigenvalue weighted by Gasteiger charge is 2.21. The minimum atomic E-state index is -1.04. The third kappa shape index (κ3) is 3.93. The maximum atomic E-state index is 12.4. The first-order chi connectivity index (χ1) is 14.0. The summed E-state index contributed by atoms with van der Waals surface area (Å²) in [5, 5.41) is 9.38. The highest BCUT2D eigenvalue weighted by molar-refractivity contribution is 5.98. The summed E-state index contributed by atoms with van der Waals surface area (Å²) in [6, 6.07) is 15.8. The van der Waals surface area contributed by atoms with E-state index in [4.69, 9.17) is 4.74 Å². The Hall–Kier alpha value is -4.14. The van der Waals surface area contributed by atoms with E-state index in [0.29, 0.717) is 22.4 Å². The van der Waals surface area contributed by atoms with E-state index in [1.165, 1.54) is 6.92 Å². The maximum Gasteiger partial charge on any atom is 0.357 e. The molecule has 0 saturated carbocycles. The summed E-state index contributed by atoms with van der Waals surface area (Å²) in [7, 11) is 0. The zero-order chi connectivity index (χ0) is 20.4. The number of anilines is 1. The van der Waals surface area contributed by atoms with Gasteiger partial charge in [-0.25, -0.2) is 9.59 Å². The van der Waals surface area contributed by atoms with Crippen LogP contribution >= 0.6 is 0 Å². The van der Waals surface area contributed by atoms with E-state index >= 15 is 0 Å². The number of aromatic nitrogens is 4. The van der Waals surface area contributed by atoms with Crippen molar-refractivity contribution in [3.8, 4) is 11.3 Å². The third-order valence-electron chi connectivity index (χ3n) is 4.30. The molecule has 1 amide bonds. The third-order valence-corrected chi connectivity index (χ3v) is 4.30. The molecule has 0 fully saturated rings. The van der Waals surface area contributed by atoms with E-state index in [2.05, 4.69) is 25.5 Å². The minimum Gasteiger partial charge on any atom is -0.448 e. The van der Waals surface area contributed by atoms with Crippen LogP contribution in [0.25, 0.3) is 22.3 Å². The van der Waals surface area contributed by atoms with Gasteiger partial charge in [-0.1, -0.05) is 30.3 Å². The molecule has 4 N–H and O–H groups in total. The van der Waals surface area contributed by atoms with Crippen LogP contribution in [0.2, 0.25) is 0 Å². The molecular formula is C20H17N5O4. The molecule has 146 valence electrons. The fourth-order valence-electron chi connectivity index (χ4n) is 2.81. The van der Waals surface area contributed by atoms with Gasteiger partial charge < -0.3 is 20.0 Å². The van der Waals surface area contributed by atoms with Gasteiger partial charge in [0.05, 0.1) is 16.7 Å². The quantitative estimate of drug-likeness (QED) is 0.388. The molecule has 9 heteroatoms. The zero-order valence-electron chi connectivity index (χ0n) is 15.4. The first-order valence-electron chi connectivity index (χ1n) is 8.84. The van der Waals surface area contributed by atoms with Gasteiger partial charge in [0.25, 0.3) is 5.91 Å². The van der Waals surface area contributed by atoms with Crippen molar-refractivity contribution in [1.29, 1.82) is 0 Å². The van der Waals surface area contributed by atoms with Gasteiger partial charge in [0, 0.05) is 11.3 Å². The number of carbonyl (C=O) groups excluding carboxylic acids is 2. The number of benzene rings is 2. The topological polar surface area (TPSA) is 133 Å². The van der Waals surface area contributed by atoms with Crippen LogP contribution < -0.4 is 11.0 Å². The Labute approximate surface area is 164 Å². The zero-order valence-corrected chi connectivity index (χ0v) is 15.4. The lowest BCUT2D eigenvalue weighted by atomic mass is 10.1. The SMILES string of the molecule is C[C@H](OC(=O)c1cc(-c2ccccc2)n[nH]1)C(=O)Nc1ccc2[nH]c(=O)[nH]c2c1. The van der Waals surface area contributed by atoms with Crippen LogP contribution in [-0.2, 0) is 9.53 Å². The lowest BCUT2D eigenvalue weighted by Crippen LogP contribution is -2.30. The van der Waals surface area contributed by atoms with Gasteiger partial charge in [-0.05, 0) is 31.2 Å². The molecule has 2 heterocycles. The Balaban J connectivity index is 1.40. The first-order valence-corrected chi connectivity index (χ1v) is 8.84. The number of H-pyrrole nitrogens is 3. The van der Waals surface area contributed by atoms with E-state index in [-0.39, 0.29) is 11.4 Å². The fraction of sp³-hybridized carbons (Fsp3) is 0.100. The molecule has 0 unspecified atom stereocenters. The van der Waals surface area contributed by atoms with Crippen molar-refractivity contribution in [1.82, 2.24) is 20.2 Å². The van der Waals surface area contributed by atoms with Crippen LogP contribution in [0.3, 0.4) is 0 Å². The number of hydrogen-bond donors (Lipinski definition) is 4. The van der Waals surface area contributed by atoms with Gasteiger partial charge >= 0.3 is 11.7 Å². The first kappa shape index (κ1) is 18.2. The fourth-order valence-corrected chi connectivity index (χ4v) is 2.81. The number of nitrogens with zero attached hydrogens (tertiary/aromatic N) is 1. The second-order valence-corrected chi connectivity index (χ2v) is 6.41. The lowest BCUT2D eigenvalue weighted by Gasteiger charge is -2.13. The number of amides is 1. The molecule has 2 aromatic carbocycles. The predicted molar refractivity (Wildman–Crippen MR) is 106 cm³/mol. The van der Waals surface area contributed by atoms with Crippen LogP contribution in [0.4, 0.5) is 5.69 Å². The van der Waals surface area contributed by atoms with Crippen LogP contribution in [0.1, 0.15) is 17.4 Å². The number of ether oxygens (including phenoxy) is 1. The predicted octanol–water partition coefficient (Wildman–Crippen LogP) is 2.43. The van der Waals surface area contributed by atoms with Gasteiger partial charge in [0.2, 0.25) is 0 Å². The Kier molecular flexibility index (Phi) is 4.70. The second kappa shape index (κ2) is 7.47. The standard InChI is InChI=1S/C20H17N5O4/c1-11(18(26)21-13-7-8-14-16(9-13)23-20(28)22-14)29-19(27)17-10-15(24-25-17)12-5-3-2-4-6-12/h2-11H,1H3,(H,21,26)(H,24,25)(H2,22,23,28)/t11-/m0/s1. The largest absolute Gasteiger partial charge is 0.448 e.